The Morgan fingerprint density at radius 2 is 2.03 bits per heavy atom. The maximum Gasteiger partial charge on any atom is 0.425 e. The third kappa shape index (κ3) is 5.75. The summed E-state index contributed by atoms with van der Waals surface area (Å²) in [7, 11) is -3.61. The minimum absolute atomic E-state index is 0.0212. The molecule has 0 bridgehead atoms. The average Bonchev–Trinajstić information content (AvgIpc) is 3.39. The zero-order valence-corrected chi connectivity index (χ0v) is 18.7. The highest BCUT2D eigenvalue weighted by molar-refractivity contribution is 7.90. The summed E-state index contributed by atoms with van der Waals surface area (Å²) in [6.07, 6.45) is -2.80. The van der Waals surface area contributed by atoms with Crippen LogP contribution < -0.4 is 10.1 Å². The van der Waals surface area contributed by atoms with Gasteiger partial charge in [-0.2, -0.15) is 18.2 Å². The number of aryl methyl sites for hydroxylation is 1. The summed E-state index contributed by atoms with van der Waals surface area (Å²) < 4.78 is 73.0. The molecule has 32 heavy (non-hydrogen) atoms. The Morgan fingerprint density at radius 3 is 2.53 bits per heavy atom. The first kappa shape index (κ1) is 24.0. The van der Waals surface area contributed by atoms with E-state index in [-0.39, 0.29) is 29.1 Å². The minimum atomic E-state index is -4.59. The molecule has 1 saturated carbocycles. The molecule has 1 amide bonds. The van der Waals surface area contributed by atoms with Crippen LogP contribution in [0, 0.1) is 6.92 Å². The summed E-state index contributed by atoms with van der Waals surface area (Å²) in [6.45, 7) is 3.78. The van der Waals surface area contributed by atoms with Crippen molar-refractivity contribution >= 4 is 15.7 Å². The summed E-state index contributed by atoms with van der Waals surface area (Å²) in [5.41, 5.74) is -1.32. The Balaban J connectivity index is 1.92. The van der Waals surface area contributed by atoms with E-state index in [1.807, 2.05) is 0 Å². The third-order valence-electron chi connectivity index (χ3n) is 4.87. The first-order chi connectivity index (χ1) is 14.7. The highest BCUT2D eigenvalue weighted by atomic mass is 32.2. The van der Waals surface area contributed by atoms with Gasteiger partial charge in [-0.3, -0.25) is 9.78 Å². The predicted octanol–water partition coefficient (Wildman–Crippen LogP) is 2.67. The topological polar surface area (TPSA) is 124 Å². The van der Waals surface area contributed by atoms with Crippen LogP contribution in [0.4, 0.5) is 13.2 Å². The zero-order chi connectivity index (χ0) is 23.9. The maximum absolute atomic E-state index is 13.0. The predicted molar refractivity (Wildman–Crippen MR) is 106 cm³/mol. The van der Waals surface area contributed by atoms with Gasteiger partial charge in [0.25, 0.3) is 5.91 Å². The number of halogens is 3. The number of hydrogen-bond donors (Lipinski definition) is 1. The molecule has 2 unspecified atom stereocenters. The third-order valence-corrected chi connectivity index (χ3v) is 5.97. The fourth-order valence-corrected chi connectivity index (χ4v) is 4.40. The molecular formula is C19H23F3N4O5S. The number of nitrogens with one attached hydrogen (secondary N) is 1. The highest BCUT2D eigenvalue weighted by Crippen LogP contribution is 2.44. The lowest BCUT2D eigenvalue weighted by molar-refractivity contribution is -0.189. The molecule has 2 aromatic heterocycles. The van der Waals surface area contributed by atoms with Gasteiger partial charge in [0.05, 0.1) is 5.75 Å². The van der Waals surface area contributed by atoms with Crippen molar-refractivity contribution in [1.29, 1.82) is 0 Å². The first-order valence-electron chi connectivity index (χ1n) is 9.72. The Bertz CT molecular complexity index is 1110. The summed E-state index contributed by atoms with van der Waals surface area (Å²) in [6, 6.07) is 1.13. The summed E-state index contributed by atoms with van der Waals surface area (Å²) in [4.78, 5) is 21.0. The van der Waals surface area contributed by atoms with E-state index in [2.05, 4.69) is 20.4 Å². The van der Waals surface area contributed by atoms with E-state index >= 15 is 0 Å². The molecule has 1 aliphatic carbocycles. The van der Waals surface area contributed by atoms with E-state index in [4.69, 9.17) is 9.26 Å². The Morgan fingerprint density at radius 1 is 1.38 bits per heavy atom. The lowest BCUT2D eigenvalue weighted by Gasteiger charge is -2.26. The SMILES string of the molecule is Cc1nc(C(C)(CS(C)(=O)=O)NC(=O)c2cc(OC(C)C(F)(F)F)c(C3CC3)cn2)no1. The van der Waals surface area contributed by atoms with E-state index in [0.29, 0.717) is 5.56 Å². The molecule has 13 heteroatoms. The number of pyridine rings is 1. The van der Waals surface area contributed by atoms with Crippen molar-refractivity contribution in [3.8, 4) is 5.75 Å². The van der Waals surface area contributed by atoms with Gasteiger partial charge in [-0.1, -0.05) is 5.16 Å². The minimum Gasteiger partial charge on any atom is -0.481 e. The second-order valence-corrected chi connectivity index (χ2v) is 10.3. The normalized spacial score (nSPS) is 17.5. The van der Waals surface area contributed by atoms with E-state index < -0.39 is 39.3 Å². The number of hydrogen-bond acceptors (Lipinski definition) is 8. The number of ether oxygens (including phenoxy) is 1. The summed E-state index contributed by atoms with van der Waals surface area (Å²) in [5, 5.41) is 6.24. The van der Waals surface area contributed by atoms with Crippen molar-refractivity contribution in [2.45, 2.75) is 57.3 Å². The van der Waals surface area contributed by atoms with Gasteiger partial charge in [0.15, 0.2) is 11.9 Å². The molecule has 0 saturated heterocycles. The molecule has 3 rings (SSSR count). The second-order valence-electron chi connectivity index (χ2n) is 8.18. The van der Waals surface area contributed by atoms with Gasteiger partial charge in [-0.25, -0.2) is 8.42 Å². The molecular weight excluding hydrogens is 453 g/mol. The van der Waals surface area contributed by atoms with Crippen molar-refractivity contribution in [1.82, 2.24) is 20.4 Å². The first-order valence-corrected chi connectivity index (χ1v) is 11.8. The fourth-order valence-electron chi connectivity index (χ4n) is 3.15. The standard InChI is InChI=1S/C19H23F3N4O5S/c1-10(19(20,21)22)30-15-7-14(23-8-13(15)12-5-6-12)16(27)25-18(3,9-32(4,28)29)17-24-11(2)31-26-17/h7-8,10,12H,5-6,9H2,1-4H3,(H,25,27). The lowest BCUT2D eigenvalue weighted by Crippen LogP contribution is -2.49. The van der Waals surface area contributed by atoms with Gasteiger partial charge in [0.2, 0.25) is 5.89 Å². The molecule has 0 spiro atoms. The monoisotopic (exact) mass is 476 g/mol. The molecule has 1 aliphatic rings. The van der Waals surface area contributed by atoms with E-state index in [0.717, 1.165) is 32.1 Å². The van der Waals surface area contributed by atoms with Crippen LogP contribution in [0.2, 0.25) is 0 Å². The fraction of sp³-hybridized carbons (Fsp3) is 0.579. The molecule has 2 aromatic rings. The molecule has 9 nitrogen and oxygen atoms in total. The van der Waals surface area contributed by atoms with Gasteiger partial charge >= 0.3 is 6.18 Å². The molecule has 0 aliphatic heterocycles. The number of rotatable bonds is 8. The lowest BCUT2D eigenvalue weighted by atomic mass is 10.0. The largest absolute Gasteiger partial charge is 0.481 e. The van der Waals surface area contributed by atoms with E-state index in [9.17, 15) is 26.4 Å². The van der Waals surface area contributed by atoms with Gasteiger partial charge in [-0.05, 0) is 32.6 Å². The molecule has 2 heterocycles. The van der Waals surface area contributed by atoms with E-state index in [1.54, 1.807) is 0 Å². The summed E-state index contributed by atoms with van der Waals surface area (Å²) in [5.74, 6) is -1.33. The zero-order valence-electron chi connectivity index (χ0n) is 17.9. The van der Waals surface area contributed by atoms with Gasteiger partial charge < -0.3 is 14.6 Å². The number of alkyl halides is 3. The van der Waals surface area contributed by atoms with Crippen molar-refractivity contribution in [2.75, 3.05) is 12.0 Å². The number of carbonyl (C=O) groups excluding carboxylic acids is 1. The molecule has 1 N–H and O–H groups in total. The Labute approximate surface area is 182 Å². The molecule has 176 valence electrons. The van der Waals surface area contributed by atoms with Gasteiger partial charge in [0.1, 0.15) is 26.8 Å². The van der Waals surface area contributed by atoms with Crippen LogP contribution in [0.15, 0.2) is 16.8 Å². The van der Waals surface area contributed by atoms with Crippen LogP contribution in [0.3, 0.4) is 0 Å². The number of carbonyl (C=O) groups is 1. The molecule has 1 fully saturated rings. The quantitative estimate of drug-likeness (QED) is 0.617. The van der Waals surface area contributed by atoms with Crippen LogP contribution in [0.1, 0.15) is 60.4 Å². The van der Waals surface area contributed by atoms with Crippen LogP contribution in [-0.4, -0.2) is 53.7 Å². The van der Waals surface area contributed by atoms with Gasteiger partial charge in [-0.15, -0.1) is 0 Å². The van der Waals surface area contributed by atoms with Crippen LogP contribution in [0.25, 0.3) is 0 Å². The second kappa shape index (κ2) is 8.34. The number of sulfone groups is 1. The molecule has 0 aromatic carbocycles. The maximum atomic E-state index is 13.0. The van der Waals surface area contributed by atoms with Crippen molar-refractivity contribution in [3.05, 3.63) is 35.2 Å². The van der Waals surface area contributed by atoms with Crippen molar-refractivity contribution in [3.63, 3.8) is 0 Å². The highest BCUT2D eigenvalue weighted by Gasteiger charge is 2.40. The number of nitrogens with zero attached hydrogens (tertiary/aromatic N) is 3. The van der Waals surface area contributed by atoms with Crippen LogP contribution in [-0.2, 0) is 15.4 Å². The molecule has 0 radical (unpaired) electrons. The smallest absolute Gasteiger partial charge is 0.425 e. The molecule has 2 atom stereocenters. The van der Waals surface area contributed by atoms with Crippen LogP contribution in [0.5, 0.6) is 5.75 Å². The summed E-state index contributed by atoms with van der Waals surface area (Å²) >= 11 is 0. The van der Waals surface area contributed by atoms with Crippen molar-refractivity contribution in [2.24, 2.45) is 0 Å². The Hall–Kier alpha value is -2.70. The van der Waals surface area contributed by atoms with E-state index in [1.165, 1.54) is 20.0 Å². The van der Waals surface area contributed by atoms with Crippen LogP contribution >= 0.6 is 0 Å². The Kier molecular flexibility index (Phi) is 6.24. The number of amides is 1. The van der Waals surface area contributed by atoms with Crippen molar-refractivity contribution < 1.29 is 35.6 Å². The number of aromatic nitrogens is 3. The van der Waals surface area contributed by atoms with Gasteiger partial charge in [0, 0.05) is 31.0 Å². The average molecular weight is 476 g/mol.